The molecule has 0 fully saturated rings. The fourth-order valence-corrected chi connectivity index (χ4v) is 1.76. The molecule has 0 aliphatic carbocycles. The van der Waals surface area contributed by atoms with Crippen molar-refractivity contribution in [3.63, 3.8) is 0 Å². The van der Waals surface area contributed by atoms with Crippen molar-refractivity contribution in [3.8, 4) is 0 Å². The van der Waals surface area contributed by atoms with Crippen LogP contribution in [0.4, 0.5) is 4.39 Å². The summed E-state index contributed by atoms with van der Waals surface area (Å²) in [5, 5.41) is 3.06. The second-order valence-electron chi connectivity index (χ2n) is 4.21. The van der Waals surface area contributed by atoms with Gasteiger partial charge in [0.25, 0.3) is 0 Å². The molecule has 1 heterocycles. The summed E-state index contributed by atoms with van der Waals surface area (Å²) < 4.78 is 13.5. The van der Waals surface area contributed by atoms with Crippen LogP contribution in [0.3, 0.4) is 0 Å². The Labute approximate surface area is 106 Å². The van der Waals surface area contributed by atoms with Crippen LogP contribution in [-0.2, 0) is 13.0 Å². The van der Waals surface area contributed by atoms with Crippen LogP contribution in [0.1, 0.15) is 22.6 Å². The summed E-state index contributed by atoms with van der Waals surface area (Å²) >= 11 is 0. The van der Waals surface area contributed by atoms with Gasteiger partial charge in [0.1, 0.15) is 11.6 Å². The first-order chi connectivity index (χ1) is 8.70. The van der Waals surface area contributed by atoms with E-state index in [9.17, 15) is 4.39 Å². The molecule has 0 spiro atoms. The van der Waals surface area contributed by atoms with E-state index >= 15 is 0 Å². The van der Waals surface area contributed by atoms with E-state index in [0.29, 0.717) is 24.4 Å². The van der Waals surface area contributed by atoms with Crippen LogP contribution in [0.5, 0.6) is 0 Å². The molecule has 0 saturated carbocycles. The molecule has 1 N–H and O–H groups in total. The molecule has 2 rings (SSSR count). The zero-order chi connectivity index (χ0) is 13.0. The first-order valence-electron chi connectivity index (χ1n) is 5.90. The molecule has 0 saturated heterocycles. The van der Waals surface area contributed by atoms with E-state index in [1.807, 2.05) is 20.0 Å². The maximum absolute atomic E-state index is 13.5. The van der Waals surface area contributed by atoms with Gasteiger partial charge in [-0.3, -0.25) is 0 Å². The Morgan fingerprint density at radius 3 is 2.78 bits per heavy atom. The van der Waals surface area contributed by atoms with Crippen molar-refractivity contribution in [1.29, 1.82) is 0 Å². The minimum Gasteiger partial charge on any atom is -0.314 e. The lowest BCUT2D eigenvalue weighted by molar-refractivity contribution is 0.611. The van der Waals surface area contributed by atoms with Gasteiger partial charge >= 0.3 is 0 Å². The van der Waals surface area contributed by atoms with E-state index in [0.717, 1.165) is 11.3 Å². The normalized spacial score (nSPS) is 10.6. The number of rotatable bonds is 4. The summed E-state index contributed by atoms with van der Waals surface area (Å²) in [5.41, 5.74) is 2.62. The standard InChI is InChI=1S/C14H16FN3/c1-10-8-17-14(18-13(10)9-16-2)7-11-5-3-4-6-12(11)15/h3-6,8,16H,7,9H2,1-2H3. The van der Waals surface area contributed by atoms with E-state index < -0.39 is 0 Å². The summed E-state index contributed by atoms with van der Waals surface area (Å²) in [6, 6.07) is 6.72. The molecule has 0 aliphatic heterocycles. The number of nitrogens with one attached hydrogen (secondary N) is 1. The van der Waals surface area contributed by atoms with Crippen molar-refractivity contribution < 1.29 is 4.39 Å². The Morgan fingerprint density at radius 2 is 2.06 bits per heavy atom. The first kappa shape index (κ1) is 12.6. The topological polar surface area (TPSA) is 37.8 Å². The van der Waals surface area contributed by atoms with Crippen LogP contribution in [0.2, 0.25) is 0 Å². The van der Waals surface area contributed by atoms with Crippen LogP contribution >= 0.6 is 0 Å². The van der Waals surface area contributed by atoms with Crippen LogP contribution in [0.25, 0.3) is 0 Å². The molecule has 18 heavy (non-hydrogen) atoms. The third kappa shape index (κ3) is 2.90. The van der Waals surface area contributed by atoms with Crippen LogP contribution < -0.4 is 5.32 Å². The highest BCUT2D eigenvalue weighted by molar-refractivity contribution is 5.23. The maximum atomic E-state index is 13.5. The van der Waals surface area contributed by atoms with Crippen molar-refractivity contribution in [2.45, 2.75) is 19.9 Å². The summed E-state index contributed by atoms with van der Waals surface area (Å²) in [5.74, 6) is 0.438. The number of benzene rings is 1. The molecule has 0 aliphatic rings. The molecule has 0 atom stereocenters. The van der Waals surface area contributed by atoms with Crippen molar-refractivity contribution in [2.24, 2.45) is 0 Å². The zero-order valence-electron chi connectivity index (χ0n) is 10.6. The predicted molar refractivity (Wildman–Crippen MR) is 68.7 cm³/mol. The van der Waals surface area contributed by atoms with E-state index in [2.05, 4.69) is 15.3 Å². The summed E-state index contributed by atoms with van der Waals surface area (Å²) in [6.07, 6.45) is 2.21. The molecule has 1 aromatic heterocycles. The molecule has 1 aromatic carbocycles. The first-order valence-corrected chi connectivity index (χ1v) is 5.90. The van der Waals surface area contributed by atoms with Gasteiger partial charge in [0.15, 0.2) is 0 Å². The Hall–Kier alpha value is -1.81. The van der Waals surface area contributed by atoms with Crippen molar-refractivity contribution >= 4 is 0 Å². The average molecular weight is 245 g/mol. The lowest BCUT2D eigenvalue weighted by Gasteiger charge is -2.07. The largest absolute Gasteiger partial charge is 0.314 e. The van der Waals surface area contributed by atoms with Gasteiger partial charge in [-0.05, 0) is 31.2 Å². The Morgan fingerprint density at radius 1 is 1.28 bits per heavy atom. The SMILES string of the molecule is CNCc1nc(Cc2ccccc2F)ncc1C. The number of aromatic nitrogens is 2. The van der Waals surface area contributed by atoms with E-state index in [1.54, 1.807) is 18.3 Å². The van der Waals surface area contributed by atoms with E-state index in [4.69, 9.17) is 0 Å². The lowest BCUT2D eigenvalue weighted by Crippen LogP contribution is -2.11. The Kier molecular flexibility index (Phi) is 3.99. The van der Waals surface area contributed by atoms with Gasteiger partial charge in [-0.25, -0.2) is 14.4 Å². The number of hydrogen-bond donors (Lipinski definition) is 1. The Bertz CT molecular complexity index is 540. The highest BCUT2D eigenvalue weighted by Crippen LogP contribution is 2.11. The van der Waals surface area contributed by atoms with Crippen molar-refractivity contribution in [3.05, 3.63) is 58.9 Å². The zero-order valence-corrected chi connectivity index (χ0v) is 10.6. The minimum atomic E-state index is -0.211. The van der Waals surface area contributed by atoms with Crippen molar-refractivity contribution in [1.82, 2.24) is 15.3 Å². The van der Waals surface area contributed by atoms with Gasteiger partial charge in [0, 0.05) is 19.2 Å². The number of hydrogen-bond acceptors (Lipinski definition) is 3. The molecule has 4 heteroatoms. The highest BCUT2D eigenvalue weighted by atomic mass is 19.1. The second kappa shape index (κ2) is 5.69. The predicted octanol–water partition coefficient (Wildman–Crippen LogP) is 2.23. The molecule has 94 valence electrons. The fourth-order valence-electron chi connectivity index (χ4n) is 1.76. The third-order valence-corrected chi connectivity index (χ3v) is 2.78. The summed E-state index contributed by atoms with van der Waals surface area (Å²) in [4.78, 5) is 8.71. The van der Waals surface area contributed by atoms with Gasteiger partial charge < -0.3 is 5.32 Å². The molecular formula is C14H16FN3. The molecule has 0 bridgehead atoms. The van der Waals surface area contributed by atoms with Gasteiger partial charge in [0.2, 0.25) is 0 Å². The molecule has 0 unspecified atom stereocenters. The fraction of sp³-hybridized carbons (Fsp3) is 0.286. The van der Waals surface area contributed by atoms with Crippen molar-refractivity contribution in [2.75, 3.05) is 7.05 Å². The molecular weight excluding hydrogens is 229 g/mol. The number of nitrogens with zero attached hydrogens (tertiary/aromatic N) is 2. The summed E-state index contributed by atoms with van der Waals surface area (Å²) in [7, 11) is 1.87. The lowest BCUT2D eigenvalue weighted by atomic mass is 10.1. The third-order valence-electron chi connectivity index (χ3n) is 2.78. The van der Waals surface area contributed by atoms with Gasteiger partial charge in [-0.1, -0.05) is 18.2 Å². The van der Waals surface area contributed by atoms with E-state index in [-0.39, 0.29) is 5.82 Å². The van der Waals surface area contributed by atoms with Gasteiger partial charge in [0.05, 0.1) is 5.69 Å². The van der Waals surface area contributed by atoms with Crippen LogP contribution in [-0.4, -0.2) is 17.0 Å². The average Bonchev–Trinajstić information content (AvgIpc) is 2.36. The summed E-state index contributed by atoms with van der Waals surface area (Å²) in [6.45, 7) is 2.66. The van der Waals surface area contributed by atoms with Crippen LogP contribution in [0.15, 0.2) is 30.5 Å². The quantitative estimate of drug-likeness (QED) is 0.897. The number of halogens is 1. The monoisotopic (exact) mass is 245 g/mol. The maximum Gasteiger partial charge on any atom is 0.133 e. The second-order valence-corrected chi connectivity index (χ2v) is 4.21. The van der Waals surface area contributed by atoms with Gasteiger partial charge in [-0.15, -0.1) is 0 Å². The van der Waals surface area contributed by atoms with Gasteiger partial charge in [-0.2, -0.15) is 0 Å². The highest BCUT2D eigenvalue weighted by Gasteiger charge is 2.07. The smallest absolute Gasteiger partial charge is 0.133 e. The molecule has 2 aromatic rings. The Balaban J connectivity index is 2.24. The minimum absolute atomic E-state index is 0.211. The molecule has 3 nitrogen and oxygen atoms in total. The van der Waals surface area contributed by atoms with Crippen LogP contribution in [0, 0.1) is 12.7 Å². The molecule has 0 amide bonds. The number of aryl methyl sites for hydroxylation is 1. The molecule has 0 radical (unpaired) electrons. The van der Waals surface area contributed by atoms with E-state index in [1.165, 1.54) is 6.07 Å².